The average Bonchev–Trinajstić information content (AvgIpc) is 2.73. The Morgan fingerprint density at radius 3 is 2.61 bits per heavy atom. The number of rotatable bonds is 7. The van der Waals surface area contributed by atoms with E-state index in [2.05, 4.69) is 38.8 Å². The van der Waals surface area contributed by atoms with Crippen LogP contribution in [0.2, 0.25) is 0 Å². The summed E-state index contributed by atoms with van der Waals surface area (Å²) in [5.41, 5.74) is 9.36. The molecule has 3 N–H and O–H groups in total. The van der Waals surface area contributed by atoms with E-state index in [-0.39, 0.29) is 0 Å². The highest BCUT2D eigenvalue weighted by Crippen LogP contribution is 2.28. The van der Waals surface area contributed by atoms with Gasteiger partial charge in [-0.3, -0.25) is 4.98 Å². The fraction of sp³-hybridized carbons (Fsp3) is 0.250. The second-order valence-corrected chi connectivity index (χ2v) is 6.18. The molecule has 8 nitrogen and oxygen atoms in total. The van der Waals surface area contributed by atoms with Gasteiger partial charge in [0.2, 0.25) is 0 Å². The van der Waals surface area contributed by atoms with E-state index in [9.17, 15) is 0 Å². The Bertz CT molecular complexity index is 971. The molecule has 8 heteroatoms. The second kappa shape index (κ2) is 8.43. The van der Waals surface area contributed by atoms with E-state index in [4.69, 9.17) is 10.7 Å². The maximum absolute atomic E-state index is 6.18. The first-order valence-electron chi connectivity index (χ1n) is 9.10. The minimum atomic E-state index is 0.539. The van der Waals surface area contributed by atoms with Crippen molar-refractivity contribution in [2.24, 2.45) is 0 Å². The molecule has 0 radical (unpaired) electrons. The summed E-state index contributed by atoms with van der Waals surface area (Å²) in [5.74, 6) is 2.58. The molecule has 3 aromatic heterocycles. The van der Waals surface area contributed by atoms with Crippen molar-refractivity contribution in [1.82, 2.24) is 24.9 Å². The Kier molecular flexibility index (Phi) is 5.78. The van der Waals surface area contributed by atoms with Crippen molar-refractivity contribution in [2.75, 3.05) is 23.0 Å². The summed E-state index contributed by atoms with van der Waals surface area (Å²) in [7, 11) is 1.84. The van der Waals surface area contributed by atoms with Gasteiger partial charge in [-0.2, -0.15) is 0 Å². The highest BCUT2D eigenvalue weighted by atomic mass is 15.3. The van der Waals surface area contributed by atoms with Crippen LogP contribution in [0.25, 0.3) is 11.3 Å². The predicted octanol–water partition coefficient (Wildman–Crippen LogP) is 3.06. The summed E-state index contributed by atoms with van der Waals surface area (Å²) in [6, 6.07) is 3.71. The number of nitrogens with zero attached hydrogens (tertiary/aromatic N) is 6. The van der Waals surface area contributed by atoms with Crippen molar-refractivity contribution >= 4 is 17.3 Å². The molecule has 0 spiro atoms. The van der Waals surface area contributed by atoms with Crippen LogP contribution in [0, 0.1) is 0 Å². The van der Waals surface area contributed by atoms with Crippen LogP contribution >= 0.6 is 0 Å². The van der Waals surface area contributed by atoms with Gasteiger partial charge in [-0.05, 0) is 18.6 Å². The molecule has 0 saturated heterocycles. The van der Waals surface area contributed by atoms with Gasteiger partial charge in [0.15, 0.2) is 5.82 Å². The van der Waals surface area contributed by atoms with E-state index in [0.29, 0.717) is 23.1 Å². The summed E-state index contributed by atoms with van der Waals surface area (Å²) in [4.78, 5) is 23.8. The van der Waals surface area contributed by atoms with Gasteiger partial charge in [0.05, 0.1) is 23.3 Å². The number of nitrogen functional groups attached to an aromatic ring is 1. The molecule has 3 aromatic rings. The SMILES string of the molecule is C=C(Nc1cnccn1)N(C)c1nc(-c2cnc(CC)nc2CC)ccc1N. The zero-order valence-electron chi connectivity index (χ0n) is 16.3. The molecular formula is C20H24N8. The van der Waals surface area contributed by atoms with Crippen molar-refractivity contribution in [3.63, 3.8) is 0 Å². The van der Waals surface area contributed by atoms with Gasteiger partial charge in [-0.15, -0.1) is 0 Å². The predicted molar refractivity (Wildman–Crippen MR) is 112 cm³/mol. The molecule has 0 aliphatic carbocycles. The summed E-state index contributed by atoms with van der Waals surface area (Å²) in [5, 5.41) is 3.10. The minimum absolute atomic E-state index is 0.539. The third kappa shape index (κ3) is 4.06. The molecule has 0 amide bonds. The van der Waals surface area contributed by atoms with Gasteiger partial charge in [-0.1, -0.05) is 20.4 Å². The summed E-state index contributed by atoms with van der Waals surface area (Å²) in [6.07, 6.45) is 8.26. The van der Waals surface area contributed by atoms with E-state index in [1.54, 1.807) is 23.5 Å². The van der Waals surface area contributed by atoms with Crippen molar-refractivity contribution in [2.45, 2.75) is 26.7 Å². The zero-order valence-corrected chi connectivity index (χ0v) is 16.3. The van der Waals surface area contributed by atoms with Crippen LogP contribution in [-0.2, 0) is 12.8 Å². The van der Waals surface area contributed by atoms with Gasteiger partial charge in [-0.25, -0.2) is 19.9 Å². The van der Waals surface area contributed by atoms with Crippen LogP contribution in [0.15, 0.2) is 49.3 Å². The molecule has 0 aliphatic heterocycles. The zero-order chi connectivity index (χ0) is 20.1. The summed E-state index contributed by atoms with van der Waals surface area (Å²) in [6.45, 7) is 8.17. The maximum Gasteiger partial charge on any atom is 0.157 e. The van der Waals surface area contributed by atoms with Crippen molar-refractivity contribution < 1.29 is 0 Å². The van der Waals surface area contributed by atoms with Crippen molar-refractivity contribution in [1.29, 1.82) is 0 Å². The van der Waals surface area contributed by atoms with E-state index in [1.165, 1.54) is 0 Å². The minimum Gasteiger partial charge on any atom is -0.396 e. The van der Waals surface area contributed by atoms with Gasteiger partial charge in [0.25, 0.3) is 0 Å². The molecule has 0 atom stereocenters. The van der Waals surface area contributed by atoms with Crippen LogP contribution in [-0.4, -0.2) is 32.0 Å². The summed E-state index contributed by atoms with van der Waals surface area (Å²) < 4.78 is 0. The van der Waals surface area contributed by atoms with Crippen LogP contribution in [0.3, 0.4) is 0 Å². The second-order valence-electron chi connectivity index (χ2n) is 6.18. The number of nitrogens with one attached hydrogen (secondary N) is 1. The lowest BCUT2D eigenvalue weighted by molar-refractivity contribution is 0.888. The lowest BCUT2D eigenvalue weighted by atomic mass is 10.1. The van der Waals surface area contributed by atoms with Gasteiger partial charge >= 0.3 is 0 Å². The van der Waals surface area contributed by atoms with E-state index in [0.717, 1.165) is 35.6 Å². The lowest BCUT2D eigenvalue weighted by Gasteiger charge is -2.23. The Morgan fingerprint density at radius 1 is 1.11 bits per heavy atom. The highest BCUT2D eigenvalue weighted by molar-refractivity contribution is 5.72. The quantitative estimate of drug-likeness (QED) is 0.648. The molecule has 28 heavy (non-hydrogen) atoms. The largest absolute Gasteiger partial charge is 0.396 e. The Morgan fingerprint density at radius 2 is 1.93 bits per heavy atom. The smallest absolute Gasteiger partial charge is 0.157 e. The number of nitrogens with two attached hydrogens (primary N) is 1. The van der Waals surface area contributed by atoms with Crippen molar-refractivity contribution in [3.8, 4) is 11.3 Å². The Balaban J connectivity index is 1.92. The van der Waals surface area contributed by atoms with Gasteiger partial charge in [0, 0.05) is 37.6 Å². The molecule has 0 unspecified atom stereocenters. The molecule has 3 heterocycles. The van der Waals surface area contributed by atoms with E-state index >= 15 is 0 Å². The number of pyridine rings is 1. The molecule has 0 bridgehead atoms. The van der Waals surface area contributed by atoms with Gasteiger partial charge < -0.3 is 16.0 Å². The standard InChI is InChI=1S/C20H24N8/c1-5-16-14(11-24-18(6-2)26-16)17-8-7-15(21)20(27-17)28(4)13(3)25-19-12-22-9-10-23-19/h7-12H,3,5-6,21H2,1-2,4H3,(H,23,25). The fourth-order valence-electron chi connectivity index (χ4n) is 2.71. The Labute approximate surface area is 164 Å². The van der Waals surface area contributed by atoms with Crippen molar-refractivity contribution in [3.05, 3.63) is 60.8 Å². The van der Waals surface area contributed by atoms with Gasteiger partial charge in [0.1, 0.15) is 17.5 Å². The molecular weight excluding hydrogens is 352 g/mol. The molecule has 0 fully saturated rings. The Hall–Kier alpha value is -3.55. The maximum atomic E-state index is 6.18. The average molecular weight is 376 g/mol. The lowest BCUT2D eigenvalue weighted by Crippen LogP contribution is -2.24. The highest BCUT2D eigenvalue weighted by Gasteiger charge is 2.15. The normalized spacial score (nSPS) is 10.5. The number of anilines is 3. The van der Waals surface area contributed by atoms with E-state index < -0.39 is 0 Å². The number of aromatic nitrogens is 5. The summed E-state index contributed by atoms with van der Waals surface area (Å²) >= 11 is 0. The molecule has 0 saturated carbocycles. The molecule has 3 rings (SSSR count). The molecule has 144 valence electrons. The fourth-order valence-corrected chi connectivity index (χ4v) is 2.71. The van der Waals surface area contributed by atoms with Crippen LogP contribution < -0.4 is 16.0 Å². The number of hydrogen-bond donors (Lipinski definition) is 2. The third-order valence-corrected chi connectivity index (χ3v) is 4.31. The first kappa shape index (κ1) is 19.2. The first-order chi connectivity index (χ1) is 13.5. The first-order valence-corrected chi connectivity index (χ1v) is 9.10. The third-order valence-electron chi connectivity index (χ3n) is 4.31. The van der Waals surface area contributed by atoms with E-state index in [1.807, 2.05) is 32.3 Å². The van der Waals surface area contributed by atoms with Crippen LogP contribution in [0.4, 0.5) is 17.3 Å². The number of aryl methyl sites for hydroxylation is 2. The molecule has 0 aromatic carbocycles. The van der Waals surface area contributed by atoms with Crippen LogP contribution in [0.5, 0.6) is 0 Å². The monoisotopic (exact) mass is 376 g/mol. The topological polar surface area (TPSA) is 106 Å². The van der Waals surface area contributed by atoms with Crippen LogP contribution in [0.1, 0.15) is 25.4 Å². The molecule has 0 aliphatic rings. The number of hydrogen-bond acceptors (Lipinski definition) is 8.